The molecule has 0 radical (unpaired) electrons. The van der Waals surface area contributed by atoms with Gasteiger partial charge in [-0.25, -0.2) is 14.4 Å². The second kappa shape index (κ2) is 7.28. The summed E-state index contributed by atoms with van der Waals surface area (Å²) < 4.78 is 23.6. The number of halogens is 1. The Balaban J connectivity index is 1.40. The summed E-state index contributed by atoms with van der Waals surface area (Å²) in [4.78, 5) is 20.6. The fourth-order valence-corrected chi connectivity index (χ4v) is 2.53. The van der Waals surface area contributed by atoms with Crippen LogP contribution in [0, 0.1) is 5.82 Å². The number of ether oxygens (including phenoxy) is 2. The highest BCUT2D eigenvalue weighted by Crippen LogP contribution is 2.32. The quantitative estimate of drug-likeness (QED) is 0.722. The van der Waals surface area contributed by atoms with Gasteiger partial charge in [-0.15, -0.1) is 0 Å². The molecule has 0 saturated heterocycles. The molecule has 7 nitrogen and oxygen atoms in total. The number of aromatic nitrogens is 2. The minimum absolute atomic E-state index is 0.204. The molecule has 2 heterocycles. The zero-order chi connectivity index (χ0) is 18.6. The molecular weight excluding hydrogens is 351 g/mol. The van der Waals surface area contributed by atoms with Gasteiger partial charge in [0.2, 0.25) is 12.7 Å². The molecule has 2 aromatic carbocycles. The van der Waals surface area contributed by atoms with Gasteiger partial charge in [-0.05, 0) is 48.0 Å². The molecule has 0 atom stereocenters. The summed E-state index contributed by atoms with van der Waals surface area (Å²) in [5.74, 6) is 0.930. The molecule has 0 unspecified atom stereocenters. The summed E-state index contributed by atoms with van der Waals surface area (Å²) in [5.41, 5.74) is 1.72. The van der Waals surface area contributed by atoms with E-state index in [0.29, 0.717) is 23.7 Å². The molecule has 0 bridgehead atoms. The maximum Gasteiger partial charge on any atom is 0.270 e. The van der Waals surface area contributed by atoms with Crippen molar-refractivity contribution in [3.05, 3.63) is 71.8 Å². The van der Waals surface area contributed by atoms with Gasteiger partial charge in [0.15, 0.2) is 11.5 Å². The fraction of sp³-hybridized carbons (Fsp3) is 0.105. The van der Waals surface area contributed by atoms with Gasteiger partial charge in [-0.3, -0.25) is 4.79 Å². The van der Waals surface area contributed by atoms with E-state index in [2.05, 4.69) is 20.6 Å². The molecule has 136 valence electrons. The van der Waals surface area contributed by atoms with Crippen LogP contribution in [0.15, 0.2) is 54.7 Å². The lowest BCUT2D eigenvalue weighted by Gasteiger charge is -2.08. The number of hydrogen-bond donors (Lipinski definition) is 2. The van der Waals surface area contributed by atoms with Crippen LogP contribution < -0.4 is 20.1 Å². The van der Waals surface area contributed by atoms with E-state index < -0.39 is 0 Å². The molecule has 1 aromatic heterocycles. The molecule has 0 spiro atoms. The molecule has 1 aliphatic rings. The summed E-state index contributed by atoms with van der Waals surface area (Å²) >= 11 is 0. The van der Waals surface area contributed by atoms with Crippen LogP contribution in [0.2, 0.25) is 0 Å². The monoisotopic (exact) mass is 366 g/mol. The lowest BCUT2D eigenvalue weighted by molar-refractivity contribution is 0.0946. The predicted octanol–water partition coefficient (Wildman–Crippen LogP) is 3.02. The van der Waals surface area contributed by atoms with E-state index in [0.717, 1.165) is 5.56 Å². The summed E-state index contributed by atoms with van der Waals surface area (Å²) in [6.07, 6.45) is 1.48. The predicted molar refractivity (Wildman–Crippen MR) is 95.4 cm³/mol. The Hall–Kier alpha value is -3.68. The summed E-state index contributed by atoms with van der Waals surface area (Å²) in [6, 6.07) is 12.8. The Kier molecular flexibility index (Phi) is 4.52. The van der Waals surface area contributed by atoms with E-state index in [9.17, 15) is 9.18 Å². The third-order valence-corrected chi connectivity index (χ3v) is 3.88. The van der Waals surface area contributed by atoms with Gasteiger partial charge in [0.1, 0.15) is 11.5 Å². The van der Waals surface area contributed by atoms with Crippen LogP contribution in [0.3, 0.4) is 0 Å². The molecule has 2 N–H and O–H groups in total. The van der Waals surface area contributed by atoms with Crippen molar-refractivity contribution < 1.29 is 18.7 Å². The van der Waals surface area contributed by atoms with Crippen LogP contribution in [0.1, 0.15) is 16.1 Å². The third kappa shape index (κ3) is 3.95. The van der Waals surface area contributed by atoms with Crippen molar-refractivity contribution in [2.75, 3.05) is 12.1 Å². The van der Waals surface area contributed by atoms with Crippen molar-refractivity contribution in [2.45, 2.75) is 6.54 Å². The van der Waals surface area contributed by atoms with Gasteiger partial charge < -0.3 is 20.1 Å². The van der Waals surface area contributed by atoms with Crippen LogP contribution in [0.4, 0.5) is 16.0 Å². The van der Waals surface area contributed by atoms with E-state index >= 15 is 0 Å². The first-order chi connectivity index (χ1) is 13.2. The van der Waals surface area contributed by atoms with E-state index in [1.807, 2.05) is 12.1 Å². The second-order valence-electron chi connectivity index (χ2n) is 5.77. The average Bonchev–Trinajstić information content (AvgIpc) is 3.16. The minimum atomic E-state index is -0.336. The second-order valence-corrected chi connectivity index (χ2v) is 5.77. The molecule has 27 heavy (non-hydrogen) atoms. The Morgan fingerprint density at radius 3 is 2.74 bits per heavy atom. The first kappa shape index (κ1) is 16.8. The summed E-state index contributed by atoms with van der Waals surface area (Å²) in [5, 5.41) is 5.73. The van der Waals surface area contributed by atoms with Crippen LogP contribution >= 0.6 is 0 Å². The topological polar surface area (TPSA) is 85.4 Å². The smallest absolute Gasteiger partial charge is 0.270 e. The minimum Gasteiger partial charge on any atom is -0.454 e. The van der Waals surface area contributed by atoms with Gasteiger partial charge in [0, 0.05) is 18.4 Å². The lowest BCUT2D eigenvalue weighted by Crippen LogP contribution is -2.24. The molecule has 4 rings (SSSR count). The number of fused-ring (bicyclic) bond motifs is 1. The average molecular weight is 366 g/mol. The number of carbonyl (C=O) groups is 1. The molecule has 0 fully saturated rings. The van der Waals surface area contributed by atoms with Crippen molar-refractivity contribution >= 4 is 17.5 Å². The standard InChI is InChI=1S/C19H15FN4O3/c20-13-2-4-14(5-3-13)23-19-21-8-7-15(24-19)18(25)22-10-12-1-6-16-17(9-12)27-11-26-16/h1-9H,10-11H2,(H,22,25)(H,21,23,24). The highest BCUT2D eigenvalue weighted by Gasteiger charge is 2.14. The number of nitrogens with one attached hydrogen (secondary N) is 2. The number of hydrogen-bond acceptors (Lipinski definition) is 6. The van der Waals surface area contributed by atoms with Crippen LogP contribution in [-0.4, -0.2) is 22.7 Å². The van der Waals surface area contributed by atoms with Gasteiger partial charge in [0.05, 0.1) is 0 Å². The number of benzene rings is 2. The maximum atomic E-state index is 13.0. The molecule has 3 aromatic rings. The zero-order valence-electron chi connectivity index (χ0n) is 14.1. The van der Waals surface area contributed by atoms with Crippen molar-refractivity contribution in [2.24, 2.45) is 0 Å². The van der Waals surface area contributed by atoms with Gasteiger partial charge in [0.25, 0.3) is 5.91 Å². The van der Waals surface area contributed by atoms with Crippen LogP contribution in [0.25, 0.3) is 0 Å². The Bertz CT molecular complexity index is 979. The summed E-state index contributed by atoms with van der Waals surface area (Å²) in [6.45, 7) is 0.524. The Morgan fingerprint density at radius 2 is 1.89 bits per heavy atom. The number of nitrogens with zero attached hydrogens (tertiary/aromatic N) is 2. The van der Waals surface area contributed by atoms with Gasteiger partial charge in [-0.1, -0.05) is 6.07 Å². The van der Waals surface area contributed by atoms with Crippen LogP contribution in [-0.2, 0) is 6.54 Å². The van der Waals surface area contributed by atoms with E-state index in [1.54, 1.807) is 18.2 Å². The molecule has 1 amide bonds. The molecule has 0 aliphatic carbocycles. The van der Waals surface area contributed by atoms with Crippen LogP contribution in [0.5, 0.6) is 11.5 Å². The zero-order valence-corrected chi connectivity index (χ0v) is 14.1. The van der Waals surface area contributed by atoms with E-state index in [4.69, 9.17) is 9.47 Å². The molecule has 1 aliphatic heterocycles. The van der Waals surface area contributed by atoms with Gasteiger partial charge in [-0.2, -0.15) is 0 Å². The highest BCUT2D eigenvalue weighted by atomic mass is 19.1. The lowest BCUT2D eigenvalue weighted by atomic mass is 10.2. The van der Waals surface area contributed by atoms with Crippen molar-refractivity contribution in [1.82, 2.24) is 15.3 Å². The number of rotatable bonds is 5. The largest absolute Gasteiger partial charge is 0.454 e. The number of carbonyl (C=O) groups excluding carboxylic acids is 1. The number of amides is 1. The van der Waals surface area contributed by atoms with Crippen molar-refractivity contribution in [3.63, 3.8) is 0 Å². The molecule has 8 heteroatoms. The fourth-order valence-electron chi connectivity index (χ4n) is 2.53. The van der Waals surface area contributed by atoms with Gasteiger partial charge >= 0.3 is 0 Å². The normalized spacial score (nSPS) is 11.9. The van der Waals surface area contributed by atoms with Crippen molar-refractivity contribution in [3.8, 4) is 11.5 Å². The van der Waals surface area contributed by atoms with Crippen molar-refractivity contribution in [1.29, 1.82) is 0 Å². The molecular formula is C19H15FN4O3. The molecule has 0 saturated carbocycles. The first-order valence-electron chi connectivity index (χ1n) is 8.20. The number of anilines is 2. The first-order valence-corrected chi connectivity index (χ1v) is 8.20. The van der Waals surface area contributed by atoms with E-state index in [-0.39, 0.29) is 30.2 Å². The third-order valence-electron chi connectivity index (χ3n) is 3.88. The highest BCUT2D eigenvalue weighted by molar-refractivity contribution is 5.92. The van der Waals surface area contributed by atoms with E-state index in [1.165, 1.54) is 24.4 Å². The summed E-state index contributed by atoms with van der Waals surface area (Å²) in [7, 11) is 0. The maximum absolute atomic E-state index is 13.0. The SMILES string of the molecule is O=C(NCc1ccc2c(c1)OCO2)c1ccnc(Nc2ccc(F)cc2)n1. The Labute approximate surface area is 154 Å². The Morgan fingerprint density at radius 1 is 1.07 bits per heavy atom.